The first-order chi connectivity index (χ1) is 13.7. The van der Waals surface area contributed by atoms with Gasteiger partial charge >= 0.3 is 0 Å². The zero-order valence-electron chi connectivity index (χ0n) is 17.0. The molecule has 1 fully saturated rings. The van der Waals surface area contributed by atoms with Crippen LogP contribution in [0.25, 0.3) is 0 Å². The van der Waals surface area contributed by atoms with Gasteiger partial charge in [0.05, 0.1) is 0 Å². The number of phenols is 1. The molecule has 1 aromatic carbocycles. The summed E-state index contributed by atoms with van der Waals surface area (Å²) < 4.78 is 0. The number of carbonyl (C=O) groups is 1. The van der Waals surface area contributed by atoms with Crippen LogP contribution in [-0.4, -0.2) is 78.6 Å². The first-order valence-electron chi connectivity index (χ1n) is 10.2. The molecule has 1 saturated heterocycles. The van der Waals surface area contributed by atoms with Crippen molar-refractivity contribution < 1.29 is 9.90 Å². The van der Waals surface area contributed by atoms with Crippen molar-refractivity contribution in [1.29, 1.82) is 0 Å². The molecule has 2 heterocycles. The highest BCUT2D eigenvalue weighted by Gasteiger charge is 2.29. The number of nitrogens with zero attached hydrogens (tertiary/aromatic N) is 3. The van der Waals surface area contributed by atoms with E-state index in [0.29, 0.717) is 24.7 Å². The maximum absolute atomic E-state index is 12.1. The molecule has 1 amide bonds. The number of hydrogen-bond acceptors (Lipinski definition) is 4. The summed E-state index contributed by atoms with van der Waals surface area (Å²) >= 11 is 0. The Balaban J connectivity index is 0.00000300. The van der Waals surface area contributed by atoms with E-state index in [9.17, 15) is 9.90 Å². The van der Waals surface area contributed by atoms with Gasteiger partial charge in [0.2, 0.25) is 0 Å². The van der Waals surface area contributed by atoms with Gasteiger partial charge in [-0.15, -0.1) is 24.0 Å². The van der Waals surface area contributed by atoms with E-state index in [-0.39, 0.29) is 35.6 Å². The highest BCUT2D eigenvalue weighted by atomic mass is 127. The van der Waals surface area contributed by atoms with Gasteiger partial charge in [-0.05, 0) is 38.0 Å². The molecule has 2 aliphatic heterocycles. The number of nitrogens with one attached hydrogen (secondary N) is 2. The van der Waals surface area contributed by atoms with Crippen molar-refractivity contribution in [3.8, 4) is 5.75 Å². The minimum atomic E-state index is -0.173. The van der Waals surface area contributed by atoms with E-state index in [0.717, 1.165) is 45.1 Å². The normalized spacial score (nSPS) is 19.3. The number of aliphatic imine (C=N–C) groups is 1. The van der Waals surface area contributed by atoms with Crippen LogP contribution in [0.1, 0.15) is 30.1 Å². The molecule has 160 valence electrons. The first kappa shape index (κ1) is 23.5. The van der Waals surface area contributed by atoms with Crippen LogP contribution in [-0.2, 0) is 0 Å². The lowest BCUT2D eigenvalue weighted by Gasteiger charge is -2.25. The van der Waals surface area contributed by atoms with Gasteiger partial charge in [0.15, 0.2) is 5.96 Å². The van der Waals surface area contributed by atoms with E-state index in [1.807, 2.05) is 0 Å². The minimum Gasteiger partial charge on any atom is -0.508 e. The van der Waals surface area contributed by atoms with E-state index < -0.39 is 0 Å². The predicted molar refractivity (Wildman–Crippen MR) is 127 cm³/mol. The number of carbonyl (C=O) groups excluding carboxylic acids is 1. The van der Waals surface area contributed by atoms with Crippen LogP contribution in [0.2, 0.25) is 0 Å². The Bertz CT molecular complexity index is 717. The Kier molecular flexibility index (Phi) is 9.72. The molecule has 7 nitrogen and oxygen atoms in total. The smallest absolute Gasteiger partial charge is 0.251 e. The molecule has 1 atom stereocenters. The Morgan fingerprint density at radius 3 is 2.79 bits per heavy atom. The Morgan fingerprint density at radius 2 is 2.07 bits per heavy atom. The standard InChI is InChI=1S/C21H31N5O2.HI/c1-2-22-21(26-14-9-18(16-26)25-12-3-4-13-25)24-11-6-10-23-20(28)17-7-5-8-19(27)15-17;/h3-5,7-8,15,18,27H,2,6,9-14,16H2,1H3,(H,22,24)(H,23,28);1H. The van der Waals surface area contributed by atoms with E-state index in [4.69, 9.17) is 4.99 Å². The van der Waals surface area contributed by atoms with Gasteiger partial charge in [-0.25, -0.2) is 0 Å². The lowest BCUT2D eigenvalue weighted by Crippen LogP contribution is -2.43. The number of amides is 1. The summed E-state index contributed by atoms with van der Waals surface area (Å²) in [5.41, 5.74) is 0.469. The lowest BCUT2D eigenvalue weighted by molar-refractivity contribution is 0.0953. The van der Waals surface area contributed by atoms with Crippen molar-refractivity contribution in [2.75, 3.05) is 45.8 Å². The molecule has 0 aliphatic carbocycles. The predicted octanol–water partition coefficient (Wildman–Crippen LogP) is 2.04. The van der Waals surface area contributed by atoms with Crippen LogP contribution >= 0.6 is 24.0 Å². The molecule has 1 unspecified atom stereocenters. The summed E-state index contributed by atoms with van der Waals surface area (Å²) in [5, 5.41) is 15.7. The van der Waals surface area contributed by atoms with Gasteiger partial charge in [0.25, 0.3) is 5.91 Å². The maximum Gasteiger partial charge on any atom is 0.251 e. The highest BCUT2D eigenvalue weighted by molar-refractivity contribution is 14.0. The number of hydrogen-bond donors (Lipinski definition) is 3. The van der Waals surface area contributed by atoms with Crippen molar-refractivity contribution >= 4 is 35.8 Å². The third kappa shape index (κ3) is 6.88. The maximum atomic E-state index is 12.1. The molecule has 1 aromatic rings. The molecule has 0 radical (unpaired) electrons. The fraction of sp³-hybridized carbons (Fsp3) is 0.524. The Morgan fingerprint density at radius 1 is 1.28 bits per heavy atom. The summed E-state index contributed by atoms with van der Waals surface area (Å²) in [6.45, 7) is 8.32. The van der Waals surface area contributed by atoms with Crippen LogP contribution in [0, 0.1) is 0 Å². The number of rotatable bonds is 7. The third-order valence-electron chi connectivity index (χ3n) is 5.15. The van der Waals surface area contributed by atoms with Gasteiger partial charge in [-0.2, -0.15) is 0 Å². The van der Waals surface area contributed by atoms with E-state index in [1.165, 1.54) is 12.5 Å². The van der Waals surface area contributed by atoms with Crippen molar-refractivity contribution in [2.45, 2.75) is 25.8 Å². The SMILES string of the molecule is CCNC(=NCCCNC(=O)c1cccc(O)c1)N1CCC(N2CC=CC2)C1.I. The summed E-state index contributed by atoms with van der Waals surface area (Å²) in [6.07, 6.45) is 6.43. The number of benzene rings is 1. The van der Waals surface area contributed by atoms with Crippen LogP contribution in [0.15, 0.2) is 41.4 Å². The molecule has 29 heavy (non-hydrogen) atoms. The van der Waals surface area contributed by atoms with E-state index in [2.05, 4.69) is 39.5 Å². The monoisotopic (exact) mass is 513 g/mol. The third-order valence-corrected chi connectivity index (χ3v) is 5.15. The lowest BCUT2D eigenvalue weighted by atomic mass is 10.2. The molecule has 3 rings (SSSR count). The van der Waals surface area contributed by atoms with Gasteiger partial charge in [-0.3, -0.25) is 14.7 Å². The van der Waals surface area contributed by atoms with Crippen molar-refractivity contribution in [2.24, 2.45) is 4.99 Å². The number of likely N-dealkylation sites (tertiary alicyclic amines) is 1. The molecule has 0 saturated carbocycles. The van der Waals surface area contributed by atoms with Crippen LogP contribution in [0.3, 0.4) is 0 Å². The molecular weight excluding hydrogens is 481 g/mol. The highest BCUT2D eigenvalue weighted by Crippen LogP contribution is 2.18. The molecule has 0 aromatic heterocycles. The number of phenolic OH excluding ortho intramolecular Hbond substituents is 1. The fourth-order valence-corrected chi connectivity index (χ4v) is 3.67. The average molecular weight is 513 g/mol. The zero-order chi connectivity index (χ0) is 19.8. The van der Waals surface area contributed by atoms with Crippen molar-refractivity contribution in [3.63, 3.8) is 0 Å². The summed E-state index contributed by atoms with van der Waals surface area (Å²) in [5.74, 6) is 0.894. The second-order valence-corrected chi connectivity index (χ2v) is 7.21. The number of aromatic hydroxyl groups is 1. The minimum absolute atomic E-state index is 0. The molecule has 3 N–H and O–H groups in total. The molecule has 0 bridgehead atoms. The zero-order valence-corrected chi connectivity index (χ0v) is 19.3. The first-order valence-corrected chi connectivity index (χ1v) is 10.2. The van der Waals surface area contributed by atoms with Gasteiger partial charge in [0, 0.05) is 57.4 Å². The van der Waals surface area contributed by atoms with Gasteiger partial charge < -0.3 is 20.6 Å². The van der Waals surface area contributed by atoms with Crippen molar-refractivity contribution in [3.05, 3.63) is 42.0 Å². The van der Waals surface area contributed by atoms with E-state index >= 15 is 0 Å². The average Bonchev–Trinajstić information content (AvgIpc) is 3.38. The van der Waals surface area contributed by atoms with Crippen LogP contribution in [0.5, 0.6) is 5.75 Å². The van der Waals surface area contributed by atoms with Crippen LogP contribution < -0.4 is 10.6 Å². The molecule has 8 heteroatoms. The van der Waals surface area contributed by atoms with Gasteiger partial charge in [-0.1, -0.05) is 18.2 Å². The summed E-state index contributed by atoms with van der Waals surface area (Å²) in [7, 11) is 0. The summed E-state index contributed by atoms with van der Waals surface area (Å²) in [6, 6.07) is 6.97. The molecular formula is C21H32IN5O2. The number of halogens is 1. The van der Waals surface area contributed by atoms with Gasteiger partial charge in [0.1, 0.15) is 5.75 Å². The van der Waals surface area contributed by atoms with Crippen LogP contribution in [0.4, 0.5) is 0 Å². The Labute approximate surface area is 190 Å². The topological polar surface area (TPSA) is 80.2 Å². The molecule has 0 spiro atoms. The second-order valence-electron chi connectivity index (χ2n) is 7.21. The summed E-state index contributed by atoms with van der Waals surface area (Å²) in [4.78, 5) is 21.7. The largest absolute Gasteiger partial charge is 0.508 e. The Hall–Kier alpha value is -1.81. The fourth-order valence-electron chi connectivity index (χ4n) is 3.67. The quantitative estimate of drug-likeness (QED) is 0.171. The van der Waals surface area contributed by atoms with Crippen molar-refractivity contribution in [1.82, 2.24) is 20.4 Å². The number of guanidine groups is 1. The second kappa shape index (κ2) is 12.0. The molecule has 2 aliphatic rings. The van der Waals surface area contributed by atoms with E-state index in [1.54, 1.807) is 18.2 Å².